The molecule has 6 heteroatoms. The van der Waals surface area contributed by atoms with Crippen molar-refractivity contribution in [3.05, 3.63) is 41.5 Å². The molecule has 0 saturated heterocycles. The van der Waals surface area contributed by atoms with Crippen molar-refractivity contribution in [2.24, 2.45) is 0 Å². The number of amides is 1. The van der Waals surface area contributed by atoms with E-state index in [4.69, 9.17) is 9.94 Å². The van der Waals surface area contributed by atoms with Gasteiger partial charge in [0.15, 0.2) is 0 Å². The van der Waals surface area contributed by atoms with Gasteiger partial charge in [-0.05, 0) is 56.7 Å². The van der Waals surface area contributed by atoms with E-state index >= 15 is 0 Å². The van der Waals surface area contributed by atoms with Crippen LogP contribution in [0.1, 0.15) is 50.7 Å². The molecule has 25 heavy (non-hydrogen) atoms. The third-order valence-corrected chi connectivity index (χ3v) is 4.34. The van der Waals surface area contributed by atoms with Crippen LogP contribution in [0.4, 0.5) is 0 Å². The van der Waals surface area contributed by atoms with Gasteiger partial charge in [-0.15, -0.1) is 0 Å². The zero-order valence-electron chi connectivity index (χ0n) is 14.7. The van der Waals surface area contributed by atoms with Crippen molar-refractivity contribution in [2.45, 2.75) is 57.7 Å². The van der Waals surface area contributed by atoms with Crippen molar-refractivity contribution in [3.63, 3.8) is 0 Å². The molecule has 0 heterocycles. The van der Waals surface area contributed by atoms with Crippen LogP contribution in [0.2, 0.25) is 0 Å². The number of hydrogen-bond donors (Lipinski definition) is 3. The van der Waals surface area contributed by atoms with Crippen LogP contribution >= 0.6 is 0 Å². The Balaban J connectivity index is 1.85. The Bertz CT molecular complexity index is 617. The topological polar surface area (TPSA) is 87.7 Å². The third kappa shape index (κ3) is 5.99. The highest BCUT2D eigenvalue weighted by atomic mass is 16.5. The number of hydroxylamine groups is 1. The molecular formula is C19H26N2O4. The number of benzene rings is 1. The Morgan fingerprint density at radius 2 is 1.88 bits per heavy atom. The molecule has 3 N–H and O–H groups in total. The molecule has 1 fully saturated rings. The molecule has 1 amide bonds. The van der Waals surface area contributed by atoms with Crippen molar-refractivity contribution in [1.82, 2.24) is 10.8 Å². The molecule has 0 aliphatic heterocycles. The first-order valence-electron chi connectivity index (χ1n) is 8.58. The summed E-state index contributed by atoms with van der Waals surface area (Å²) in [6.07, 6.45) is 7.10. The number of nitrogens with one attached hydrogen (secondary N) is 2. The van der Waals surface area contributed by atoms with Gasteiger partial charge in [0, 0.05) is 12.6 Å². The van der Waals surface area contributed by atoms with Gasteiger partial charge in [0.25, 0.3) is 5.91 Å². The lowest BCUT2D eigenvalue weighted by Gasteiger charge is -2.26. The average molecular weight is 346 g/mol. The van der Waals surface area contributed by atoms with E-state index < -0.39 is 11.4 Å². The van der Waals surface area contributed by atoms with Crippen LogP contribution in [0.3, 0.4) is 0 Å². The summed E-state index contributed by atoms with van der Waals surface area (Å²) in [6.45, 7) is 4.19. The zero-order valence-corrected chi connectivity index (χ0v) is 14.7. The quantitative estimate of drug-likeness (QED) is 0.306. The number of ether oxygens (including phenoxy) is 1. The number of carbonyl (C=O) groups is 2. The fourth-order valence-corrected chi connectivity index (χ4v) is 2.66. The van der Waals surface area contributed by atoms with Gasteiger partial charge in [0.1, 0.15) is 11.6 Å². The lowest BCUT2D eigenvalue weighted by molar-refractivity contribution is -0.155. The molecule has 0 spiro atoms. The third-order valence-electron chi connectivity index (χ3n) is 4.34. The van der Waals surface area contributed by atoms with Gasteiger partial charge in [-0.2, -0.15) is 0 Å². The van der Waals surface area contributed by atoms with Crippen LogP contribution in [-0.2, 0) is 20.9 Å². The Morgan fingerprint density at radius 3 is 2.48 bits per heavy atom. The highest BCUT2D eigenvalue weighted by Gasteiger charge is 2.31. The van der Waals surface area contributed by atoms with Crippen LogP contribution in [0, 0.1) is 0 Å². The molecule has 1 aromatic rings. The maximum absolute atomic E-state index is 12.3. The summed E-state index contributed by atoms with van der Waals surface area (Å²) in [5.74, 6) is -0.790. The van der Waals surface area contributed by atoms with Crippen LogP contribution in [0.5, 0.6) is 0 Å². The van der Waals surface area contributed by atoms with Gasteiger partial charge in [-0.1, -0.05) is 24.3 Å². The SMILES string of the molecule is CC(C)(NCc1ccc(/C=C/C(=O)NO)cc1)C(=O)OC1CCCC1. The van der Waals surface area contributed by atoms with Gasteiger partial charge in [0.05, 0.1) is 0 Å². The maximum atomic E-state index is 12.3. The molecule has 1 aliphatic carbocycles. The van der Waals surface area contributed by atoms with Gasteiger partial charge in [-0.3, -0.25) is 20.1 Å². The number of carbonyl (C=O) groups excluding carboxylic acids is 2. The smallest absolute Gasteiger partial charge is 0.326 e. The molecule has 2 rings (SSSR count). The van der Waals surface area contributed by atoms with Crippen molar-refractivity contribution >= 4 is 18.0 Å². The first-order chi connectivity index (χ1) is 11.9. The first kappa shape index (κ1) is 19.1. The number of rotatable bonds is 7. The predicted molar refractivity (Wildman–Crippen MR) is 94.7 cm³/mol. The Kier molecular flexibility index (Phi) is 6.73. The minimum Gasteiger partial charge on any atom is -0.461 e. The second-order valence-corrected chi connectivity index (χ2v) is 6.84. The second kappa shape index (κ2) is 8.78. The molecule has 0 radical (unpaired) electrons. The highest BCUT2D eigenvalue weighted by molar-refractivity contribution is 5.90. The molecule has 0 unspecified atom stereocenters. The minimum atomic E-state index is -0.750. The molecule has 1 saturated carbocycles. The first-order valence-corrected chi connectivity index (χ1v) is 8.58. The molecule has 0 bridgehead atoms. The summed E-state index contributed by atoms with van der Waals surface area (Å²) < 4.78 is 5.58. The van der Waals surface area contributed by atoms with Crippen molar-refractivity contribution in [1.29, 1.82) is 0 Å². The van der Waals surface area contributed by atoms with E-state index in [0.717, 1.165) is 36.8 Å². The molecule has 0 atom stereocenters. The van der Waals surface area contributed by atoms with Gasteiger partial charge in [-0.25, -0.2) is 5.48 Å². The fourth-order valence-electron chi connectivity index (χ4n) is 2.66. The van der Waals surface area contributed by atoms with E-state index in [2.05, 4.69) is 5.32 Å². The van der Waals surface area contributed by atoms with E-state index in [1.807, 2.05) is 38.1 Å². The molecule has 136 valence electrons. The summed E-state index contributed by atoms with van der Waals surface area (Å²) >= 11 is 0. The highest BCUT2D eigenvalue weighted by Crippen LogP contribution is 2.22. The fraction of sp³-hybridized carbons (Fsp3) is 0.474. The van der Waals surface area contributed by atoms with Crippen LogP contribution in [-0.4, -0.2) is 28.7 Å². The zero-order chi connectivity index (χ0) is 18.3. The van der Waals surface area contributed by atoms with E-state index in [1.54, 1.807) is 11.6 Å². The van der Waals surface area contributed by atoms with Crippen LogP contribution < -0.4 is 10.8 Å². The maximum Gasteiger partial charge on any atom is 0.326 e. The van der Waals surface area contributed by atoms with Gasteiger partial charge < -0.3 is 4.74 Å². The molecule has 1 aliphatic rings. The molecule has 6 nitrogen and oxygen atoms in total. The van der Waals surface area contributed by atoms with Crippen LogP contribution in [0.15, 0.2) is 30.3 Å². The average Bonchev–Trinajstić information content (AvgIpc) is 3.11. The van der Waals surface area contributed by atoms with E-state index in [9.17, 15) is 9.59 Å². The summed E-state index contributed by atoms with van der Waals surface area (Å²) in [6, 6.07) is 7.56. The second-order valence-electron chi connectivity index (χ2n) is 6.84. The van der Waals surface area contributed by atoms with E-state index in [0.29, 0.717) is 6.54 Å². The lowest BCUT2D eigenvalue weighted by Crippen LogP contribution is -2.48. The minimum absolute atomic E-state index is 0.0655. The number of esters is 1. The molecular weight excluding hydrogens is 320 g/mol. The van der Waals surface area contributed by atoms with E-state index in [1.165, 1.54) is 6.08 Å². The monoisotopic (exact) mass is 346 g/mol. The summed E-state index contributed by atoms with van der Waals surface area (Å²) in [4.78, 5) is 23.3. The Labute approximate surface area is 148 Å². The lowest BCUT2D eigenvalue weighted by atomic mass is 10.0. The Hall–Kier alpha value is -2.18. The van der Waals surface area contributed by atoms with Crippen molar-refractivity contribution in [3.8, 4) is 0 Å². The summed E-state index contributed by atoms with van der Waals surface area (Å²) in [5.41, 5.74) is 2.65. The van der Waals surface area contributed by atoms with E-state index in [-0.39, 0.29) is 12.1 Å². The standard InChI is InChI=1S/C19H26N2O4/c1-19(2,18(23)25-16-5-3-4-6-16)20-13-15-9-7-14(8-10-15)11-12-17(22)21-24/h7-12,16,20,24H,3-6,13H2,1-2H3,(H,21,22)/b12-11+. The van der Waals surface area contributed by atoms with Gasteiger partial charge in [0.2, 0.25) is 0 Å². The number of hydrogen-bond acceptors (Lipinski definition) is 5. The van der Waals surface area contributed by atoms with Crippen LogP contribution in [0.25, 0.3) is 6.08 Å². The Morgan fingerprint density at radius 1 is 1.24 bits per heavy atom. The van der Waals surface area contributed by atoms with Crippen molar-refractivity contribution < 1.29 is 19.5 Å². The largest absolute Gasteiger partial charge is 0.461 e. The van der Waals surface area contributed by atoms with Gasteiger partial charge >= 0.3 is 5.97 Å². The molecule has 0 aromatic heterocycles. The molecule has 1 aromatic carbocycles. The predicted octanol–water partition coefficient (Wildman–Crippen LogP) is 2.56. The summed E-state index contributed by atoms with van der Waals surface area (Å²) in [5, 5.41) is 11.7. The summed E-state index contributed by atoms with van der Waals surface area (Å²) in [7, 11) is 0. The van der Waals surface area contributed by atoms with Crippen molar-refractivity contribution in [2.75, 3.05) is 0 Å². The normalized spacial score (nSPS) is 15.5.